The van der Waals surface area contributed by atoms with Gasteiger partial charge in [0.15, 0.2) is 0 Å². The Hall–Kier alpha value is -1.10. The maximum atomic E-state index is 11.2. The van der Waals surface area contributed by atoms with Crippen molar-refractivity contribution in [2.45, 2.75) is 13.3 Å². The van der Waals surface area contributed by atoms with E-state index in [4.69, 9.17) is 10.5 Å². The average Bonchev–Trinajstić information content (AvgIpc) is 2.03. The van der Waals surface area contributed by atoms with Crippen molar-refractivity contribution in [1.29, 1.82) is 0 Å². The number of nitrogens with one attached hydrogen (secondary N) is 1. The summed E-state index contributed by atoms with van der Waals surface area (Å²) in [4.78, 5) is 21.6. The van der Waals surface area contributed by atoms with Crippen LogP contribution in [0.4, 0.5) is 0 Å². The van der Waals surface area contributed by atoms with Gasteiger partial charge in [-0.1, -0.05) is 6.92 Å². The Labute approximate surface area is 77.6 Å². The average molecular weight is 188 g/mol. The molecule has 2 amide bonds. The summed E-state index contributed by atoms with van der Waals surface area (Å²) in [6.07, 6.45) is 0.0822. The molecular weight excluding hydrogens is 172 g/mol. The highest BCUT2D eigenvalue weighted by Crippen LogP contribution is 1.99. The number of hydrogen-bond donors (Lipinski definition) is 2. The number of carbonyl (C=O) groups excluding carboxylic acids is 2. The Morgan fingerprint density at radius 3 is 2.62 bits per heavy atom. The summed E-state index contributed by atoms with van der Waals surface area (Å²) in [5.74, 6) is -1.00. The number of rotatable bonds is 6. The Bertz CT molecular complexity index is 182. The van der Waals surface area contributed by atoms with Gasteiger partial charge in [0, 0.05) is 26.0 Å². The normalized spacial score (nSPS) is 12.2. The van der Waals surface area contributed by atoms with Crippen LogP contribution in [0.25, 0.3) is 0 Å². The van der Waals surface area contributed by atoms with Crippen LogP contribution in [0.3, 0.4) is 0 Å². The summed E-state index contributed by atoms with van der Waals surface area (Å²) >= 11 is 0. The van der Waals surface area contributed by atoms with Gasteiger partial charge in [0.1, 0.15) is 0 Å². The van der Waals surface area contributed by atoms with E-state index in [-0.39, 0.29) is 18.2 Å². The number of ether oxygens (including phenoxy) is 1. The van der Waals surface area contributed by atoms with E-state index in [1.165, 1.54) is 0 Å². The van der Waals surface area contributed by atoms with Crippen molar-refractivity contribution in [3.05, 3.63) is 0 Å². The van der Waals surface area contributed by atoms with E-state index in [2.05, 4.69) is 5.32 Å². The monoisotopic (exact) mass is 188 g/mol. The SMILES string of the molecule is COCCNC(=O)C(C)CC(N)=O. The van der Waals surface area contributed by atoms with Crippen LogP contribution in [0, 0.1) is 5.92 Å². The van der Waals surface area contributed by atoms with E-state index >= 15 is 0 Å². The molecule has 1 unspecified atom stereocenters. The molecule has 1 atom stereocenters. The fourth-order valence-electron chi connectivity index (χ4n) is 0.845. The van der Waals surface area contributed by atoms with Crippen LogP contribution in [-0.2, 0) is 14.3 Å². The highest BCUT2D eigenvalue weighted by atomic mass is 16.5. The molecule has 0 aliphatic heterocycles. The minimum atomic E-state index is -0.464. The van der Waals surface area contributed by atoms with Gasteiger partial charge in [-0.25, -0.2) is 0 Å². The number of primary amides is 1. The van der Waals surface area contributed by atoms with Crippen molar-refractivity contribution in [3.8, 4) is 0 Å². The van der Waals surface area contributed by atoms with Crippen LogP contribution in [0.15, 0.2) is 0 Å². The molecule has 0 saturated heterocycles. The van der Waals surface area contributed by atoms with Gasteiger partial charge >= 0.3 is 0 Å². The molecule has 76 valence electrons. The fourth-order valence-corrected chi connectivity index (χ4v) is 0.845. The van der Waals surface area contributed by atoms with Crippen LogP contribution >= 0.6 is 0 Å². The predicted octanol–water partition coefficient (Wildman–Crippen LogP) is -0.739. The lowest BCUT2D eigenvalue weighted by atomic mass is 10.1. The van der Waals surface area contributed by atoms with Gasteiger partial charge in [-0.3, -0.25) is 9.59 Å². The molecule has 0 saturated carbocycles. The zero-order chi connectivity index (χ0) is 10.3. The Kier molecular flexibility index (Phi) is 5.88. The fraction of sp³-hybridized carbons (Fsp3) is 0.750. The summed E-state index contributed by atoms with van der Waals surface area (Å²) in [7, 11) is 1.55. The van der Waals surface area contributed by atoms with Crippen LogP contribution in [-0.4, -0.2) is 32.1 Å². The zero-order valence-corrected chi connectivity index (χ0v) is 8.00. The Morgan fingerprint density at radius 1 is 1.54 bits per heavy atom. The van der Waals surface area contributed by atoms with E-state index in [0.29, 0.717) is 13.2 Å². The zero-order valence-electron chi connectivity index (χ0n) is 8.00. The second-order valence-electron chi connectivity index (χ2n) is 2.86. The van der Waals surface area contributed by atoms with Gasteiger partial charge in [0.05, 0.1) is 6.61 Å². The first-order chi connectivity index (χ1) is 6.07. The topological polar surface area (TPSA) is 81.4 Å². The van der Waals surface area contributed by atoms with Crippen molar-refractivity contribution in [3.63, 3.8) is 0 Å². The first-order valence-electron chi connectivity index (χ1n) is 4.13. The molecule has 0 spiro atoms. The lowest BCUT2D eigenvalue weighted by molar-refractivity contribution is -0.128. The first-order valence-corrected chi connectivity index (χ1v) is 4.13. The van der Waals surface area contributed by atoms with Gasteiger partial charge in [0.25, 0.3) is 0 Å². The molecule has 0 aromatic rings. The third-order valence-electron chi connectivity index (χ3n) is 1.56. The second-order valence-corrected chi connectivity index (χ2v) is 2.86. The molecule has 0 aliphatic rings. The molecular formula is C8H16N2O3. The first kappa shape index (κ1) is 11.9. The molecule has 0 bridgehead atoms. The number of carbonyl (C=O) groups is 2. The maximum absolute atomic E-state index is 11.2. The van der Waals surface area contributed by atoms with Crippen LogP contribution in [0.2, 0.25) is 0 Å². The minimum Gasteiger partial charge on any atom is -0.383 e. The van der Waals surface area contributed by atoms with Crippen molar-refractivity contribution in [2.24, 2.45) is 11.7 Å². The van der Waals surface area contributed by atoms with Gasteiger partial charge in [-0.15, -0.1) is 0 Å². The number of nitrogens with two attached hydrogens (primary N) is 1. The third kappa shape index (κ3) is 6.10. The van der Waals surface area contributed by atoms with Gasteiger partial charge in [-0.05, 0) is 0 Å². The molecule has 5 heteroatoms. The third-order valence-corrected chi connectivity index (χ3v) is 1.56. The highest BCUT2D eigenvalue weighted by Gasteiger charge is 2.14. The summed E-state index contributed by atoms with van der Waals surface area (Å²) in [5, 5.41) is 2.62. The molecule has 0 aromatic carbocycles. The molecule has 13 heavy (non-hydrogen) atoms. The van der Waals surface area contributed by atoms with E-state index < -0.39 is 5.91 Å². The highest BCUT2D eigenvalue weighted by molar-refractivity contribution is 5.84. The lowest BCUT2D eigenvalue weighted by Gasteiger charge is -2.09. The van der Waals surface area contributed by atoms with Crippen molar-refractivity contribution < 1.29 is 14.3 Å². The number of methoxy groups -OCH3 is 1. The van der Waals surface area contributed by atoms with Gasteiger partial charge in [0.2, 0.25) is 11.8 Å². The summed E-state index contributed by atoms with van der Waals surface area (Å²) in [6.45, 7) is 2.58. The van der Waals surface area contributed by atoms with E-state index in [1.807, 2.05) is 0 Å². The van der Waals surface area contributed by atoms with Gasteiger partial charge in [-0.2, -0.15) is 0 Å². The molecule has 3 N–H and O–H groups in total. The molecule has 5 nitrogen and oxygen atoms in total. The molecule has 0 fully saturated rings. The van der Waals surface area contributed by atoms with E-state index in [9.17, 15) is 9.59 Å². The van der Waals surface area contributed by atoms with Crippen LogP contribution in [0.5, 0.6) is 0 Å². The molecule has 0 aromatic heterocycles. The maximum Gasteiger partial charge on any atom is 0.223 e. The Morgan fingerprint density at radius 2 is 2.15 bits per heavy atom. The van der Waals surface area contributed by atoms with Crippen LogP contribution in [0.1, 0.15) is 13.3 Å². The molecule has 0 radical (unpaired) electrons. The van der Waals surface area contributed by atoms with E-state index in [0.717, 1.165) is 0 Å². The van der Waals surface area contributed by atoms with Crippen molar-refractivity contribution in [2.75, 3.05) is 20.3 Å². The minimum absolute atomic E-state index is 0.0822. The summed E-state index contributed by atoms with van der Waals surface area (Å²) in [6, 6.07) is 0. The summed E-state index contributed by atoms with van der Waals surface area (Å²) < 4.78 is 4.75. The summed E-state index contributed by atoms with van der Waals surface area (Å²) in [5.41, 5.74) is 4.94. The van der Waals surface area contributed by atoms with Crippen LogP contribution < -0.4 is 11.1 Å². The standard InChI is InChI=1S/C8H16N2O3/c1-6(5-7(9)11)8(12)10-3-4-13-2/h6H,3-5H2,1-2H3,(H2,9,11)(H,10,12). The molecule has 0 heterocycles. The van der Waals surface area contributed by atoms with Crippen molar-refractivity contribution in [1.82, 2.24) is 5.32 Å². The number of amides is 2. The molecule has 0 rings (SSSR count). The quantitative estimate of drug-likeness (QED) is 0.539. The largest absolute Gasteiger partial charge is 0.383 e. The smallest absolute Gasteiger partial charge is 0.223 e. The van der Waals surface area contributed by atoms with E-state index in [1.54, 1.807) is 14.0 Å². The predicted molar refractivity (Wildman–Crippen MR) is 47.9 cm³/mol. The van der Waals surface area contributed by atoms with Crippen molar-refractivity contribution >= 4 is 11.8 Å². The molecule has 0 aliphatic carbocycles. The number of hydrogen-bond acceptors (Lipinski definition) is 3. The van der Waals surface area contributed by atoms with Gasteiger partial charge < -0.3 is 15.8 Å². The lowest BCUT2D eigenvalue weighted by Crippen LogP contribution is -2.33. The second kappa shape index (κ2) is 6.42. The Balaban J connectivity index is 3.63.